The van der Waals surface area contributed by atoms with Crippen molar-refractivity contribution in [1.82, 2.24) is 9.97 Å². The number of anilines is 1. The number of alkyl halides is 3. The summed E-state index contributed by atoms with van der Waals surface area (Å²) in [6.45, 7) is 2.70. The van der Waals surface area contributed by atoms with Crippen molar-refractivity contribution in [3.05, 3.63) is 18.0 Å². The maximum absolute atomic E-state index is 12.3. The second-order valence-electron chi connectivity index (χ2n) is 3.75. The van der Waals surface area contributed by atoms with Gasteiger partial charge in [-0.05, 0) is 12.5 Å². The predicted molar refractivity (Wildman–Crippen MR) is 59.7 cm³/mol. The summed E-state index contributed by atoms with van der Waals surface area (Å²) in [4.78, 5) is 7.16. The van der Waals surface area contributed by atoms with Gasteiger partial charge < -0.3 is 5.32 Å². The van der Waals surface area contributed by atoms with E-state index in [-0.39, 0.29) is 5.95 Å². The van der Waals surface area contributed by atoms with Gasteiger partial charge in [-0.2, -0.15) is 13.2 Å². The second-order valence-corrected chi connectivity index (χ2v) is 3.75. The van der Waals surface area contributed by atoms with Gasteiger partial charge >= 0.3 is 6.18 Å². The first-order valence-electron chi connectivity index (χ1n) is 5.68. The van der Waals surface area contributed by atoms with Crippen LogP contribution in [-0.2, 0) is 6.18 Å². The molecule has 1 rings (SSSR count). The highest BCUT2D eigenvalue weighted by molar-refractivity contribution is 5.25. The van der Waals surface area contributed by atoms with Crippen molar-refractivity contribution in [3.8, 4) is 0 Å². The lowest BCUT2D eigenvalue weighted by molar-refractivity contribution is -0.141. The molecule has 1 aromatic heterocycles. The van der Waals surface area contributed by atoms with Crippen LogP contribution in [-0.4, -0.2) is 16.5 Å². The molecule has 17 heavy (non-hydrogen) atoms. The van der Waals surface area contributed by atoms with Gasteiger partial charge in [-0.15, -0.1) is 0 Å². The zero-order valence-electron chi connectivity index (χ0n) is 9.72. The molecular formula is C11H16F3N3. The van der Waals surface area contributed by atoms with Crippen LogP contribution >= 0.6 is 0 Å². The maximum Gasteiger partial charge on any atom is 0.433 e. The zero-order valence-corrected chi connectivity index (χ0v) is 9.72. The molecule has 0 aliphatic rings. The van der Waals surface area contributed by atoms with E-state index in [1.165, 1.54) is 0 Å². The fourth-order valence-electron chi connectivity index (χ4n) is 1.35. The maximum atomic E-state index is 12.3. The van der Waals surface area contributed by atoms with Crippen LogP contribution in [0.15, 0.2) is 12.3 Å². The molecule has 0 bridgehead atoms. The van der Waals surface area contributed by atoms with E-state index >= 15 is 0 Å². The quantitative estimate of drug-likeness (QED) is 0.782. The van der Waals surface area contributed by atoms with E-state index in [0.717, 1.165) is 37.9 Å². The Morgan fingerprint density at radius 1 is 1.24 bits per heavy atom. The number of halogens is 3. The van der Waals surface area contributed by atoms with E-state index in [9.17, 15) is 13.2 Å². The van der Waals surface area contributed by atoms with Crippen LogP contribution in [0.4, 0.5) is 19.1 Å². The molecule has 96 valence electrons. The summed E-state index contributed by atoms with van der Waals surface area (Å²) in [5.74, 6) is 0.0383. The SMILES string of the molecule is CCCCCCNc1nccc(C(F)(F)F)n1. The molecule has 3 nitrogen and oxygen atoms in total. The zero-order chi connectivity index (χ0) is 12.7. The van der Waals surface area contributed by atoms with E-state index in [1.807, 2.05) is 0 Å². The Hall–Kier alpha value is -1.33. The van der Waals surface area contributed by atoms with Crippen LogP contribution in [0.5, 0.6) is 0 Å². The molecule has 0 aromatic carbocycles. The van der Waals surface area contributed by atoms with E-state index in [2.05, 4.69) is 22.2 Å². The van der Waals surface area contributed by atoms with E-state index in [4.69, 9.17) is 0 Å². The fourth-order valence-corrected chi connectivity index (χ4v) is 1.35. The average molecular weight is 247 g/mol. The van der Waals surface area contributed by atoms with Crippen molar-refractivity contribution >= 4 is 5.95 Å². The Balaban J connectivity index is 2.44. The molecule has 0 amide bonds. The lowest BCUT2D eigenvalue weighted by Gasteiger charge is -2.08. The molecule has 0 saturated heterocycles. The van der Waals surface area contributed by atoms with E-state index in [0.29, 0.717) is 6.54 Å². The largest absolute Gasteiger partial charge is 0.433 e. The van der Waals surface area contributed by atoms with Crippen molar-refractivity contribution in [2.75, 3.05) is 11.9 Å². The van der Waals surface area contributed by atoms with Crippen molar-refractivity contribution in [3.63, 3.8) is 0 Å². The minimum atomic E-state index is -4.42. The standard InChI is InChI=1S/C11H16F3N3/c1-2-3-4-5-7-15-10-16-8-6-9(17-10)11(12,13)14/h6,8H,2-5,7H2,1H3,(H,15,16,17). The lowest BCUT2D eigenvalue weighted by Crippen LogP contribution is -2.12. The number of unbranched alkanes of at least 4 members (excludes halogenated alkanes) is 3. The second kappa shape index (κ2) is 6.42. The Labute approximate surface area is 98.5 Å². The van der Waals surface area contributed by atoms with Gasteiger partial charge in [0.15, 0.2) is 0 Å². The summed E-state index contributed by atoms with van der Waals surface area (Å²) >= 11 is 0. The number of rotatable bonds is 6. The van der Waals surface area contributed by atoms with Crippen molar-refractivity contribution in [2.45, 2.75) is 38.8 Å². The fraction of sp³-hybridized carbons (Fsp3) is 0.636. The normalized spacial score (nSPS) is 11.5. The van der Waals surface area contributed by atoms with E-state index < -0.39 is 11.9 Å². The highest BCUT2D eigenvalue weighted by atomic mass is 19.4. The summed E-state index contributed by atoms with van der Waals surface area (Å²) in [6.07, 6.45) is 0.923. The van der Waals surface area contributed by atoms with Gasteiger partial charge in [0.25, 0.3) is 0 Å². The lowest BCUT2D eigenvalue weighted by atomic mass is 10.2. The molecule has 0 radical (unpaired) electrons. The Morgan fingerprint density at radius 3 is 2.65 bits per heavy atom. The number of hydrogen-bond acceptors (Lipinski definition) is 3. The smallest absolute Gasteiger partial charge is 0.354 e. The first-order valence-corrected chi connectivity index (χ1v) is 5.68. The Bertz CT molecular complexity index is 339. The Morgan fingerprint density at radius 2 is 2.00 bits per heavy atom. The summed E-state index contributed by atoms with van der Waals surface area (Å²) < 4.78 is 37.0. The van der Waals surface area contributed by atoms with Crippen LogP contribution in [0.3, 0.4) is 0 Å². The number of hydrogen-bond donors (Lipinski definition) is 1. The number of nitrogens with one attached hydrogen (secondary N) is 1. The van der Waals surface area contributed by atoms with Crippen LogP contribution in [0.25, 0.3) is 0 Å². The molecule has 1 N–H and O–H groups in total. The molecule has 0 aliphatic heterocycles. The third-order valence-electron chi connectivity index (χ3n) is 2.26. The molecule has 1 aromatic rings. The van der Waals surface area contributed by atoms with Crippen LogP contribution in [0.1, 0.15) is 38.3 Å². The van der Waals surface area contributed by atoms with E-state index in [1.54, 1.807) is 0 Å². The molecule has 1 heterocycles. The monoisotopic (exact) mass is 247 g/mol. The van der Waals surface area contributed by atoms with Crippen molar-refractivity contribution in [1.29, 1.82) is 0 Å². The summed E-state index contributed by atoms with van der Waals surface area (Å²) in [7, 11) is 0. The molecule has 0 aliphatic carbocycles. The van der Waals surface area contributed by atoms with Gasteiger partial charge in [-0.25, -0.2) is 9.97 Å². The molecule has 0 fully saturated rings. The van der Waals surface area contributed by atoms with Crippen LogP contribution in [0, 0.1) is 0 Å². The highest BCUT2D eigenvalue weighted by Gasteiger charge is 2.32. The minimum Gasteiger partial charge on any atom is -0.354 e. The van der Waals surface area contributed by atoms with Crippen molar-refractivity contribution < 1.29 is 13.2 Å². The first kappa shape index (κ1) is 13.7. The van der Waals surface area contributed by atoms with Gasteiger partial charge in [-0.3, -0.25) is 0 Å². The molecule has 0 atom stereocenters. The Kier molecular flexibility index (Phi) is 5.18. The minimum absolute atomic E-state index is 0.0383. The number of aromatic nitrogens is 2. The predicted octanol–water partition coefficient (Wildman–Crippen LogP) is 3.49. The molecular weight excluding hydrogens is 231 g/mol. The summed E-state index contributed by atoms with van der Waals surface area (Å²) in [5.41, 5.74) is -0.913. The van der Waals surface area contributed by atoms with Crippen LogP contribution in [0.2, 0.25) is 0 Å². The highest BCUT2D eigenvalue weighted by Crippen LogP contribution is 2.27. The van der Waals surface area contributed by atoms with Gasteiger partial charge in [0, 0.05) is 12.7 Å². The summed E-state index contributed by atoms with van der Waals surface area (Å²) in [5, 5.41) is 2.79. The van der Waals surface area contributed by atoms with Crippen LogP contribution < -0.4 is 5.32 Å². The van der Waals surface area contributed by atoms with Crippen molar-refractivity contribution in [2.24, 2.45) is 0 Å². The molecule has 0 spiro atoms. The van der Waals surface area contributed by atoms with Gasteiger partial charge in [-0.1, -0.05) is 26.2 Å². The number of nitrogens with zero attached hydrogens (tertiary/aromatic N) is 2. The molecule has 0 saturated carbocycles. The topological polar surface area (TPSA) is 37.8 Å². The van der Waals surface area contributed by atoms with Gasteiger partial charge in [0.2, 0.25) is 5.95 Å². The molecule has 0 unspecified atom stereocenters. The molecule has 6 heteroatoms. The van der Waals surface area contributed by atoms with Gasteiger partial charge in [0.1, 0.15) is 5.69 Å². The van der Waals surface area contributed by atoms with Gasteiger partial charge in [0.05, 0.1) is 0 Å². The third-order valence-corrected chi connectivity index (χ3v) is 2.26. The summed E-state index contributed by atoms with van der Waals surface area (Å²) in [6, 6.07) is 0.863. The first-order chi connectivity index (χ1) is 8.04. The average Bonchev–Trinajstić information content (AvgIpc) is 2.28. The third kappa shape index (κ3) is 5.01.